The predicted octanol–water partition coefficient (Wildman–Crippen LogP) is 11.9. The van der Waals surface area contributed by atoms with Crippen LogP contribution in [0.25, 0.3) is 31.3 Å². The van der Waals surface area contributed by atoms with E-state index in [0.717, 1.165) is 70.3 Å². The van der Waals surface area contributed by atoms with Gasteiger partial charge in [-0.2, -0.15) is 26.3 Å². The van der Waals surface area contributed by atoms with Crippen LogP contribution in [0.2, 0.25) is 0 Å². The Labute approximate surface area is 266 Å². The second kappa shape index (κ2) is 8.21. The van der Waals surface area contributed by atoms with Crippen LogP contribution in [0.5, 0.6) is 0 Å². The summed E-state index contributed by atoms with van der Waals surface area (Å²) in [5, 5.41) is 1.56. The maximum Gasteiger partial charge on any atom is 0.380 e. The highest BCUT2D eigenvalue weighted by atomic mass is 32.1. The van der Waals surface area contributed by atoms with Gasteiger partial charge in [-0.15, -0.1) is 22.7 Å². The normalized spacial score (nSPS) is 30.7. The first kappa shape index (κ1) is 28.9. The van der Waals surface area contributed by atoms with Gasteiger partial charge in [0, 0.05) is 19.2 Å². The summed E-state index contributed by atoms with van der Waals surface area (Å²) in [5.74, 6) is -14.1. The van der Waals surface area contributed by atoms with E-state index in [1.165, 1.54) is 11.1 Å². The molecule has 2 fully saturated rings. The van der Waals surface area contributed by atoms with Gasteiger partial charge in [-0.05, 0) is 130 Å². The molecule has 2 aromatic carbocycles. The number of fused-ring (bicyclic) bond motifs is 2. The van der Waals surface area contributed by atoms with Crippen LogP contribution < -0.4 is 0 Å². The molecule has 2 saturated carbocycles. The summed E-state index contributed by atoms with van der Waals surface area (Å²) in [6, 6.07) is 7.82. The van der Waals surface area contributed by atoms with E-state index in [1.54, 1.807) is 13.8 Å². The van der Waals surface area contributed by atoms with E-state index < -0.39 is 28.9 Å². The van der Waals surface area contributed by atoms with E-state index in [2.05, 4.69) is 27.7 Å². The summed E-state index contributed by atoms with van der Waals surface area (Å²) in [6.45, 7) is 12.3. The van der Waals surface area contributed by atoms with Gasteiger partial charge in [0.15, 0.2) is 0 Å². The molecule has 0 nitrogen and oxygen atoms in total. The molecule has 2 heterocycles. The molecule has 4 bridgehead atoms. The van der Waals surface area contributed by atoms with E-state index in [1.807, 2.05) is 24.3 Å². The van der Waals surface area contributed by atoms with Crippen LogP contribution in [0.15, 0.2) is 24.3 Å². The monoisotopic (exact) mass is 656 g/mol. The van der Waals surface area contributed by atoms with E-state index >= 15 is 26.3 Å². The van der Waals surface area contributed by atoms with Crippen molar-refractivity contribution in [2.45, 2.75) is 96.8 Å². The lowest BCUT2D eigenvalue weighted by Gasteiger charge is -2.57. The lowest BCUT2D eigenvalue weighted by Crippen LogP contribution is -2.48. The van der Waals surface area contributed by atoms with Gasteiger partial charge in [-0.3, -0.25) is 0 Å². The van der Waals surface area contributed by atoms with Crippen molar-refractivity contribution in [2.24, 2.45) is 22.7 Å². The van der Waals surface area contributed by atoms with Gasteiger partial charge in [-0.1, -0.05) is 39.8 Å². The van der Waals surface area contributed by atoms with Crippen molar-refractivity contribution in [2.75, 3.05) is 0 Å². The van der Waals surface area contributed by atoms with E-state index in [0.29, 0.717) is 44.2 Å². The van der Waals surface area contributed by atoms with Crippen LogP contribution >= 0.6 is 22.7 Å². The van der Waals surface area contributed by atoms with Gasteiger partial charge in [0.1, 0.15) is 0 Å². The van der Waals surface area contributed by atoms with Crippen molar-refractivity contribution >= 4 is 54.0 Å². The number of halogens is 6. The molecular weight excluding hydrogens is 623 g/mol. The average molecular weight is 657 g/mol. The molecule has 11 rings (SSSR count). The average Bonchev–Trinajstić information content (AvgIpc) is 3.53. The second-order valence-corrected chi connectivity index (χ2v) is 17.7. The van der Waals surface area contributed by atoms with E-state index in [4.69, 9.17) is 0 Å². The quantitative estimate of drug-likeness (QED) is 0.188. The van der Waals surface area contributed by atoms with Crippen LogP contribution in [-0.4, -0.2) is 17.8 Å². The van der Waals surface area contributed by atoms with Crippen LogP contribution in [0.4, 0.5) is 26.3 Å². The minimum atomic E-state index is -5.56. The largest absolute Gasteiger partial charge is 0.380 e. The predicted molar refractivity (Wildman–Crippen MR) is 171 cm³/mol. The molecule has 0 unspecified atom stereocenters. The van der Waals surface area contributed by atoms with Crippen molar-refractivity contribution in [3.8, 4) is 0 Å². The van der Waals surface area contributed by atoms with Gasteiger partial charge in [0.05, 0.1) is 11.1 Å². The number of benzene rings is 2. The molecule has 2 aromatic heterocycles. The van der Waals surface area contributed by atoms with Gasteiger partial charge in [0.25, 0.3) is 0 Å². The molecule has 4 atom stereocenters. The van der Waals surface area contributed by atoms with Crippen molar-refractivity contribution < 1.29 is 26.3 Å². The molecule has 4 aromatic rings. The van der Waals surface area contributed by atoms with E-state index in [-0.39, 0.29) is 20.6 Å². The zero-order valence-electron chi connectivity index (χ0n) is 26.0. The highest BCUT2D eigenvalue weighted by Crippen LogP contribution is 2.69. The first-order valence-corrected chi connectivity index (χ1v) is 17.5. The Morgan fingerprint density at radius 3 is 1.33 bits per heavy atom. The fraction of sp³-hybridized carbons (Fsp3) is 0.514. The molecule has 7 aliphatic carbocycles. The van der Waals surface area contributed by atoms with E-state index in [9.17, 15) is 0 Å². The van der Waals surface area contributed by atoms with Gasteiger partial charge in [0.2, 0.25) is 0 Å². The van der Waals surface area contributed by atoms with Crippen molar-refractivity contribution in [3.63, 3.8) is 0 Å². The Hall–Kier alpha value is -2.32. The molecule has 0 aliphatic heterocycles. The molecule has 0 saturated heterocycles. The number of rotatable bonds is 2. The first-order valence-electron chi connectivity index (χ1n) is 15.9. The van der Waals surface area contributed by atoms with Gasteiger partial charge >= 0.3 is 17.8 Å². The molecular formula is C37H34F6S2. The minimum Gasteiger partial charge on any atom is -0.194 e. The lowest BCUT2D eigenvalue weighted by atomic mass is 9.47. The second-order valence-electron chi connectivity index (χ2n) is 15.6. The summed E-state index contributed by atoms with van der Waals surface area (Å²) in [4.78, 5) is -0.286. The van der Waals surface area contributed by atoms with Gasteiger partial charge in [-0.25, -0.2) is 0 Å². The molecule has 7 aliphatic rings. The third kappa shape index (κ3) is 3.09. The molecule has 8 heteroatoms. The number of aryl methyl sites for hydroxylation is 2. The van der Waals surface area contributed by atoms with Crippen LogP contribution in [0.1, 0.15) is 95.5 Å². The maximum atomic E-state index is 16.0. The summed E-state index contributed by atoms with van der Waals surface area (Å²) in [6.07, 6.45) is 3.70. The number of hydrogen-bond donors (Lipinski definition) is 0. The van der Waals surface area contributed by atoms with Crippen molar-refractivity contribution in [3.05, 3.63) is 67.4 Å². The van der Waals surface area contributed by atoms with Gasteiger partial charge < -0.3 is 0 Å². The van der Waals surface area contributed by atoms with Crippen LogP contribution in [0.3, 0.4) is 0 Å². The standard InChI is InChI=1S/C37H34F6S2/c1-15-27-21-11-17-13-23(33(17,3)4)19(21)7-9-25(27)44-31(15)29-30(36(40,41)37(42,43)35(29,38)39)32-16(2)28-22-12-18-14-24(34(18,5)6)20(22)8-10-26(28)45-32/h7-10,17-18,23-24H,11-14H2,1-6H3/t17-,18-,23-,24-/m0/s1. The van der Waals surface area contributed by atoms with Crippen molar-refractivity contribution in [1.82, 2.24) is 0 Å². The molecule has 0 N–H and O–H groups in total. The fourth-order valence-corrected chi connectivity index (χ4v) is 12.7. The molecule has 0 radical (unpaired) electrons. The van der Waals surface area contributed by atoms with Crippen molar-refractivity contribution in [1.29, 1.82) is 0 Å². The molecule has 0 spiro atoms. The number of allylic oxidation sites excluding steroid dienone is 2. The SMILES string of the molecule is Cc1c(C2=C(c3sc4ccc5c(c4c3C)C[C@H]3C[C@@H]5C3(C)C)C(F)(F)C(F)(F)C2(F)F)sc2ccc3c(c12)C[C@H]1C[C@@H]3C1(C)C. The molecule has 45 heavy (non-hydrogen) atoms. The summed E-state index contributed by atoms with van der Waals surface area (Å²) >= 11 is 1.91. The zero-order valence-corrected chi connectivity index (χ0v) is 27.7. The number of alkyl halides is 6. The number of thiophene rings is 2. The maximum absolute atomic E-state index is 16.0. The summed E-state index contributed by atoms with van der Waals surface area (Å²) in [7, 11) is 0. The first-order chi connectivity index (χ1) is 20.9. The smallest absolute Gasteiger partial charge is 0.194 e. The van der Waals surface area contributed by atoms with Crippen LogP contribution in [-0.2, 0) is 12.8 Å². The van der Waals surface area contributed by atoms with Crippen LogP contribution in [0, 0.1) is 36.5 Å². The highest BCUT2D eigenvalue weighted by molar-refractivity contribution is 7.21. The molecule has 0 amide bonds. The topological polar surface area (TPSA) is 0 Å². The minimum absolute atomic E-state index is 0.139. The fourth-order valence-electron chi connectivity index (χ4n) is 10.1. The Kier molecular flexibility index (Phi) is 5.26. The lowest BCUT2D eigenvalue weighted by molar-refractivity contribution is -0.254. The zero-order chi connectivity index (χ0) is 32.0. The summed E-state index contributed by atoms with van der Waals surface area (Å²) < 4.78 is 96.5. The number of hydrogen-bond acceptors (Lipinski definition) is 2. The Morgan fingerprint density at radius 1 is 0.600 bits per heavy atom. The third-order valence-corrected chi connectivity index (χ3v) is 15.7. The Balaban J connectivity index is 1.31. The third-order valence-electron chi connectivity index (χ3n) is 13.2. The summed E-state index contributed by atoms with van der Waals surface area (Å²) in [5.41, 5.74) is 3.20. The highest BCUT2D eigenvalue weighted by Gasteiger charge is 2.81. The molecule has 236 valence electrons. The Bertz CT molecular complexity index is 1910. The Morgan fingerprint density at radius 2 is 0.978 bits per heavy atom.